The lowest BCUT2D eigenvalue weighted by Gasteiger charge is -2.33. The Morgan fingerprint density at radius 2 is 1.89 bits per heavy atom. The van der Waals surface area contributed by atoms with Crippen LogP contribution in [0.25, 0.3) is 0 Å². The minimum Gasteiger partial charge on any atom is -0.377 e. The van der Waals surface area contributed by atoms with Gasteiger partial charge in [-0.25, -0.2) is 0 Å². The van der Waals surface area contributed by atoms with Crippen molar-refractivity contribution in [1.29, 1.82) is 0 Å². The molecule has 1 aliphatic heterocycles. The molecule has 0 aromatic carbocycles. The van der Waals surface area contributed by atoms with Gasteiger partial charge in [0.05, 0.1) is 18.1 Å². The van der Waals surface area contributed by atoms with Crippen LogP contribution in [-0.4, -0.2) is 40.3 Å². The first kappa shape index (κ1) is 14.3. The molecule has 5 N–H and O–H groups in total. The van der Waals surface area contributed by atoms with Crippen molar-refractivity contribution in [3.63, 3.8) is 0 Å². The summed E-state index contributed by atoms with van der Waals surface area (Å²) >= 11 is 0. The van der Waals surface area contributed by atoms with Gasteiger partial charge < -0.3 is 21.5 Å². The van der Waals surface area contributed by atoms with Gasteiger partial charge in [-0.05, 0) is 31.6 Å². The fraction of sp³-hybridized carbons (Fsp3) is 0.786. The van der Waals surface area contributed by atoms with Crippen molar-refractivity contribution >= 4 is 5.91 Å². The summed E-state index contributed by atoms with van der Waals surface area (Å²) in [4.78, 5) is 14.1. The number of aliphatic hydroxyl groups excluding tert-OH is 1. The second-order valence-electron chi connectivity index (χ2n) is 5.63. The summed E-state index contributed by atoms with van der Waals surface area (Å²) < 4.78 is 0. The Kier molecular flexibility index (Phi) is 4.46. The van der Waals surface area contributed by atoms with Crippen LogP contribution in [0.3, 0.4) is 0 Å². The number of nitrogens with two attached hydrogens (primary N) is 2. The normalized spacial score (nSPS) is 31.2. The van der Waals surface area contributed by atoms with Crippen LogP contribution in [0.5, 0.6) is 0 Å². The average molecular weight is 265 g/mol. The van der Waals surface area contributed by atoms with Crippen LogP contribution < -0.4 is 11.5 Å². The summed E-state index contributed by atoms with van der Waals surface area (Å²) in [7, 11) is 0. The number of carbonyl (C=O) groups is 1. The van der Waals surface area contributed by atoms with E-state index in [1.54, 1.807) is 4.90 Å². The fourth-order valence-electron chi connectivity index (χ4n) is 3.34. The Labute approximate surface area is 114 Å². The molecule has 0 spiro atoms. The van der Waals surface area contributed by atoms with Crippen LogP contribution in [0.1, 0.15) is 38.5 Å². The third-order valence-corrected chi connectivity index (χ3v) is 4.46. The predicted octanol–water partition coefficient (Wildman–Crippen LogP) is -0.226. The van der Waals surface area contributed by atoms with E-state index in [2.05, 4.69) is 5.92 Å². The topological polar surface area (TPSA) is 92.6 Å². The number of amides is 1. The number of carbonyl (C=O) groups excluding carboxylic acids is 1. The first-order chi connectivity index (χ1) is 9.06. The standard InChI is InChI=1S/C14H23N3O2/c1-2-10-7-8-11(13(16)18)17(10)14(19)12(15)9-5-3-4-6-9/h1,9-13,18H,3-8,15-16H2/t10-,11-,12-,13?/m0/s1. The second kappa shape index (κ2) is 5.91. The highest BCUT2D eigenvalue weighted by molar-refractivity contribution is 5.83. The summed E-state index contributed by atoms with van der Waals surface area (Å²) in [6.45, 7) is 0. The maximum absolute atomic E-state index is 12.6. The lowest BCUT2D eigenvalue weighted by atomic mass is 9.97. The molecule has 2 rings (SSSR count). The van der Waals surface area contributed by atoms with E-state index < -0.39 is 18.3 Å². The zero-order valence-corrected chi connectivity index (χ0v) is 11.2. The van der Waals surface area contributed by atoms with Gasteiger partial charge in [0.15, 0.2) is 0 Å². The highest BCUT2D eigenvalue weighted by Gasteiger charge is 2.42. The van der Waals surface area contributed by atoms with Crippen LogP contribution in [0.4, 0.5) is 0 Å². The van der Waals surface area contributed by atoms with E-state index >= 15 is 0 Å². The third kappa shape index (κ3) is 2.76. The van der Waals surface area contributed by atoms with Gasteiger partial charge in [0.2, 0.25) is 5.91 Å². The van der Waals surface area contributed by atoms with Gasteiger partial charge in [-0.15, -0.1) is 6.42 Å². The van der Waals surface area contributed by atoms with Gasteiger partial charge >= 0.3 is 0 Å². The van der Waals surface area contributed by atoms with Crippen LogP contribution in [-0.2, 0) is 4.79 Å². The van der Waals surface area contributed by atoms with E-state index in [0.29, 0.717) is 12.8 Å². The van der Waals surface area contributed by atoms with Gasteiger partial charge in [-0.2, -0.15) is 0 Å². The quantitative estimate of drug-likeness (QED) is 0.485. The van der Waals surface area contributed by atoms with Crippen LogP contribution in [0.15, 0.2) is 0 Å². The van der Waals surface area contributed by atoms with Crippen LogP contribution in [0, 0.1) is 18.3 Å². The molecule has 5 heteroatoms. The van der Waals surface area contributed by atoms with E-state index in [1.807, 2.05) is 0 Å². The van der Waals surface area contributed by atoms with E-state index in [-0.39, 0.29) is 17.9 Å². The van der Waals surface area contributed by atoms with E-state index in [0.717, 1.165) is 25.7 Å². The molecule has 1 saturated heterocycles. The Morgan fingerprint density at radius 3 is 2.42 bits per heavy atom. The number of terminal acetylenes is 1. The SMILES string of the molecule is C#C[C@H]1CC[C@@H](C(N)O)N1C(=O)[C@@H](N)C1CCCC1. The summed E-state index contributed by atoms with van der Waals surface area (Å²) in [5, 5.41) is 9.61. The lowest BCUT2D eigenvalue weighted by molar-refractivity contribution is -0.138. The van der Waals surface area contributed by atoms with Crippen molar-refractivity contribution in [3.8, 4) is 12.3 Å². The van der Waals surface area contributed by atoms with Crippen molar-refractivity contribution < 1.29 is 9.90 Å². The summed E-state index contributed by atoms with van der Waals surface area (Å²) in [6.07, 6.45) is 9.99. The van der Waals surface area contributed by atoms with Crippen molar-refractivity contribution in [2.24, 2.45) is 17.4 Å². The highest BCUT2D eigenvalue weighted by atomic mass is 16.3. The molecular formula is C14H23N3O2. The Hall–Kier alpha value is -1.09. The minimum atomic E-state index is -1.06. The molecular weight excluding hydrogens is 242 g/mol. The third-order valence-electron chi connectivity index (χ3n) is 4.46. The molecule has 1 aliphatic carbocycles. The van der Waals surface area contributed by atoms with Gasteiger partial charge in [-0.3, -0.25) is 4.79 Å². The second-order valence-corrected chi connectivity index (χ2v) is 5.63. The zero-order valence-electron chi connectivity index (χ0n) is 11.2. The lowest BCUT2D eigenvalue weighted by Crippen LogP contribution is -2.55. The van der Waals surface area contributed by atoms with E-state index in [4.69, 9.17) is 17.9 Å². The van der Waals surface area contributed by atoms with Gasteiger partial charge in [0, 0.05) is 0 Å². The molecule has 0 bridgehead atoms. The monoisotopic (exact) mass is 265 g/mol. The Balaban J connectivity index is 2.11. The number of likely N-dealkylation sites (tertiary alicyclic amines) is 1. The average Bonchev–Trinajstić information content (AvgIpc) is 3.05. The van der Waals surface area contributed by atoms with Crippen molar-refractivity contribution in [1.82, 2.24) is 4.90 Å². The fourth-order valence-corrected chi connectivity index (χ4v) is 3.34. The summed E-state index contributed by atoms with van der Waals surface area (Å²) in [5.74, 6) is 2.70. The molecule has 1 unspecified atom stereocenters. The van der Waals surface area contributed by atoms with Crippen molar-refractivity contribution in [3.05, 3.63) is 0 Å². The van der Waals surface area contributed by atoms with Crippen LogP contribution >= 0.6 is 0 Å². The largest absolute Gasteiger partial charge is 0.377 e. The highest BCUT2D eigenvalue weighted by Crippen LogP contribution is 2.31. The molecule has 2 fully saturated rings. The molecule has 0 aromatic heterocycles. The summed E-state index contributed by atoms with van der Waals surface area (Å²) in [5.41, 5.74) is 11.6. The summed E-state index contributed by atoms with van der Waals surface area (Å²) in [6, 6.07) is -1.21. The maximum atomic E-state index is 12.6. The van der Waals surface area contributed by atoms with Crippen molar-refractivity contribution in [2.75, 3.05) is 0 Å². The van der Waals surface area contributed by atoms with E-state index in [1.165, 1.54) is 0 Å². The maximum Gasteiger partial charge on any atom is 0.241 e. The smallest absolute Gasteiger partial charge is 0.241 e. The molecule has 106 valence electrons. The van der Waals surface area contributed by atoms with Gasteiger partial charge in [0.25, 0.3) is 0 Å². The molecule has 0 aromatic rings. The van der Waals surface area contributed by atoms with Crippen LogP contribution in [0.2, 0.25) is 0 Å². The van der Waals surface area contributed by atoms with E-state index in [9.17, 15) is 9.90 Å². The zero-order chi connectivity index (χ0) is 14.0. The number of aliphatic hydroxyl groups is 1. The molecule has 0 radical (unpaired) electrons. The molecule has 19 heavy (non-hydrogen) atoms. The molecule has 2 aliphatic rings. The first-order valence-corrected chi connectivity index (χ1v) is 7.03. The molecule has 1 heterocycles. The predicted molar refractivity (Wildman–Crippen MR) is 72.6 cm³/mol. The van der Waals surface area contributed by atoms with Gasteiger partial charge in [-0.1, -0.05) is 18.8 Å². The Morgan fingerprint density at radius 1 is 1.26 bits per heavy atom. The molecule has 1 amide bonds. The molecule has 4 atom stereocenters. The van der Waals surface area contributed by atoms with Gasteiger partial charge in [0.1, 0.15) is 6.23 Å². The Bertz CT molecular complexity index is 371. The number of nitrogens with zero attached hydrogens (tertiary/aromatic N) is 1. The minimum absolute atomic E-state index is 0.151. The molecule has 5 nitrogen and oxygen atoms in total. The number of hydrogen-bond donors (Lipinski definition) is 3. The number of rotatable bonds is 3. The first-order valence-electron chi connectivity index (χ1n) is 7.03. The number of hydrogen-bond acceptors (Lipinski definition) is 4. The van der Waals surface area contributed by atoms with Crippen molar-refractivity contribution in [2.45, 2.75) is 62.9 Å². The molecule has 1 saturated carbocycles.